The summed E-state index contributed by atoms with van der Waals surface area (Å²) in [6.45, 7) is 6.29. The number of rotatable bonds is 6. The molecule has 0 aliphatic rings. The van der Waals surface area contributed by atoms with Crippen molar-refractivity contribution >= 4 is 17.3 Å². The van der Waals surface area contributed by atoms with Gasteiger partial charge in [-0.2, -0.15) is 5.10 Å². The van der Waals surface area contributed by atoms with E-state index >= 15 is 0 Å². The van der Waals surface area contributed by atoms with Crippen molar-refractivity contribution in [1.29, 1.82) is 0 Å². The average molecular weight is 309 g/mol. The maximum Gasteiger partial charge on any atom is 0.259 e. The summed E-state index contributed by atoms with van der Waals surface area (Å²) in [6.07, 6.45) is 0.759. The molecule has 2 aromatic rings. The van der Waals surface area contributed by atoms with Gasteiger partial charge in [-0.25, -0.2) is 5.43 Å². The van der Waals surface area contributed by atoms with Gasteiger partial charge in [-0.15, -0.1) is 0 Å². The van der Waals surface area contributed by atoms with Crippen molar-refractivity contribution in [1.82, 2.24) is 5.43 Å². The van der Waals surface area contributed by atoms with E-state index in [4.69, 9.17) is 0 Å². The van der Waals surface area contributed by atoms with Crippen molar-refractivity contribution in [3.63, 3.8) is 0 Å². The van der Waals surface area contributed by atoms with Crippen molar-refractivity contribution < 1.29 is 4.79 Å². The third kappa shape index (κ3) is 4.95. The lowest BCUT2D eigenvalue weighted by Crippen LogP contribution is -2.27. The normalized spacial score (nSPS) is 11.2. The molecule has 4 heteroatoms. The predicted molar refractivity (Wildman–Crippen MR) is 95.8 cm³/mol. The lowest BCUT2D eigenvalue weighted by atomic mass is 10.1. The molecule has 0 fully saturated rings. The van der Waals surface area contributed by atoms with Crippen molar-refractivity contribution in [3.8, 4) is 0 Å². The largest absolute Gasteiger partial charge is 0.376 e. The Hall–Kier alpha value is -2.62. The summed E-state index contributed by atoms with van der Waals surface area (Å²) in [6, 6.07) is 16.0. The molecule has 0 atom stereocenters. The van der Waals surface area contributed by atoms with Gasteiger partial charge < -0.3 is 5.32 Å². The second-order valence-electron chi connectivity index (χ2n) is 5.48. The first kappa shape index (κ1) is 16.7. The molecule has 2 N–H and O–H groups in total. The summed E-state index contributed by atoms with van der Waals surface area (Å²) >= 11 is 0. The highest BCUT2D eigenvalue weighted by atomic mass is 16.2. The fourth-order valence-electron chi connectivity index (χ4n) is 2.34. The van der Waals surface area contributed by atoms with Crippen LogP contribution in [0.3, 0.4) is 0 Å². The molecule has 0 bridgehead atoms. The first-order valence-corrected chi connectivity index (χ1v) is 7.82. The summed E-state index contributed by atoms with van der Waals surface area (Å²) in [5.41, 5.74) is 7.81. The Morgan fingerprint density at radius 2 is 1.83 bits per heavy atom. The number of anilines is 1. The molecule has 0 saturated carbocycles. The third-order valence-electron chi connectivity index (χ3n) is 3.58. The average Bonchev–Trinajstić information content (AvgIpc) is 2.55. The first-order chi connectivity index (χ1) is 11.1. The van der Waals surface area contributed by atoms with E-state index in [1.165, 1.54) is 5.56 Å². The predicted octanol–water partition coefficient (Wildman–Crippen LogP) is 3.65. The smallest absolute Gasteiger partial charge is 0.259 e. The number of benzene rings is 2. The third-order valence-corrected chi connectivity index (χ3v) is 3.58. The van der Waals surface area contributed by atoms with Gasteiger partial charge in [0.25, 0.3) is 5.91 Å². The van der Waals surface area contributed by atoms with Gasteiger partial charge in [-0.05, 0) is 37.5 Å². The molecule has 0 spiro atoms. The molecule has 0 heterocycles. The first-order valence-electron chi connectivity index (χ1n) is 7.82. The van der Waals surface area contributed by atoms with E-state index < -0.39 is 0 Å². The second-order valence-corrected chi connectivity index (χ2v) is 5.48. The number of carbonyl (C=O) groups excluding carboxylic acids is 1. The Morgan fingerprint density at radius 3 is 2.48 bits per heavy atom. The summed E-state index contributed by atoms with van der Waals surface area (Å²) in [7, 11) is 0. The van der Waals surface area contributed by atoms with E-state index in [-0.39, 0.29) is 12.5 Å². The molecule has 2 rings (SSSR count). The molecular formula is C19H23N3O. The number of nitrogens with one attached hydrogen (secondary N) is 2. The quantitative estimate of drug-likeness (QED) is 0.632. The van der Waals surface area contributed by atoms with Crippen molar-refractivity contribution in [3.05, 3.63) is 65.2 Å². The minimum absolute atomic E-state index is 0.160. The zero-order valence-electron chi connectivity index (χ0n) is 13.9. The minimum atomic E-state index is -0.160. The van der Waals surface area contributed by atoms with Crippen LogP contribution < -0.4 is 10.7 Å². The number of hydrogen-bond acceptors (Lipinski definition) is 3. The van der Waals surface area contributed by atoms with Gasteiger partial charge in [-0.1, -0.05) is 55.0 Å². The summed E-state index contributed by atoms with van der Waals surface area (Å²) < 4.78 is 0. The molecule has 0 saturated heterocycles. The second kappa shape index (κ2) is 8.13. The van der Waals surface area contributed by atoms with Crippen LogP contribution in [0.25, 0.3) is 0 Å². The Morgan fingerprint density at radius 1 is 1.09 bits per heavy atom. The molecule has 0 aliphatic carbocycles. The molecule has 0 radical (unpaired) electrons. The highest BCUT2D eigenvalue weighted by Gasteiger charge is 2.04. The zero-order valence-corrected chi connectivity index (χ0v) is 13.9. The standard InChI is InChI=1S/C19H23N3O/c1-4-17(16-8-6-5-7-9-16)21-22-19(23)13-20-18-11-10-14(2)12-15(18)3/h5-12,20H,4,13H2,1-3H3,(H,22,23)/b21-17-. The van der Waals surface area contributed by atoms with Crippen molar-refractivity contribution in [2.45, 2.75) is 27.2 Å². The Balaban J connectivity index is 1.92. The molecule has 1 amide bonds. The fourth-order valence-corrected chi connectivity index (χ4v) is 2.34. The molecular weight excluding hydrogens is 286 g/mol. The number of hydrogen-bond donors (Lipinski definition) is 2. The number of aryl methyl sites for hydroxylation is 2. The molecule has 120 valence electrons. The van der Waals surface area contributed by atoms with E-state index in [1.807, 2.05) is 63.2 Å². The fraction of sp³-hybridized carbons (Fsp3) is 0.263. The Kier molecular flexibility index (Phi) is 5.92. The molecule has 0 aliphatic heterocycles. The maximum absolute atomic E-state index is 12.0. The van der Waals surface area contributed by atoms with Crippen LogP contribution >= 0.6 is 0 Å². The Labute approximate surface area is 137 Å². The highest BCUT2D eigenvalue weighted by Crippen LogP contribution is 2.15. The molecule has 2 aromatic carbocycles. The number of nitrogens with zero attached hydrogens (tertiary/aromatic N) is 1. The van der Waals surface area contributed by atoms with Crippen LogP contribution in [0.5, 0.6) is 0 Å². The van der Waals surface area contributed by atoms with E-state index in [0.29, 0.717) is 0 Å². The number of amides is 1. The Bertz CT molecular complexity index is 693. The van der Waals surface area contributed by atoms with Gasteiger partial charge in [0, 0.05) is 5.69 Å². The van der Waals surface area contributed by atoms with Gasteiger partial charge >= 0.3 is 0 Å². The summed E-state index contributed by atoms with van der Waals surface area (Å²) in [4.78, 5) is 12.0. The SMILES string of the molecule is CC/C(=N/NC(=O)CNc1ccc(C)cc1C)c1ccccc1. The van der Waals surface area contributed by atoms with Crippen molar-refractivity contribution in [2.24, 2.45) is 5.10 Å². The lowest BCUT2D eigenvalue weighted by molar-refractivity contribution is -0.119. The zero-order chi connectivity index (χ0) is 16.7. The van der Waals surface area contributed by atoms with Crippen LogP contribution in [0.15, 0.2) is 53.6 Å². The topological polar surface area (TPSA) is 53.5 Å². The minimum Gasteiger partial charge on any atom is -0.376 e. The van der Waals surface area contributed by atoms with Gasteiger partial charge in [0.1, 0.15) is 0 Å². The van der Waals surface area contributed by atoms with E-state index in [1.54, 1.807) is 0 Å². The van der Waals surface area contributed by atoms with Crippen molar-refractivity contribution in [2.75, 3.05) is 11.9 Å². The van der Waals surface area contributed by atoms with Crippen LogP contribution in [0.2, 0.25) is 0 Å². The van der Waals surface area contributed by atoms with Crippen LogP contribution in [0.1, 0.15) is 30.0 Å². The van der Waals surface area contributed by atoms with Crippen LogP contribution in [-0.4, -0.2) is 18.2 Å². The van der Waals surface area contributed by atoms with Gasteiger partial charge in [0.2, 0.25) is 0 Å². The summed E-state index contributed by atoms with van der Waals surface area (Å²) in [5, 5.41) is 7.38. The lowest BCUT2D eigenvalue weighted by Gasteiger charge is -2.10. The summed E-state index contributed by atoms with van der Waals surface area (Å²) in [5.74, 6) is -0.160. The molecule has 4 nitrogen and oxygen atoms in total. The number of hydrazone groups is 1. The molecule has 0 unspecified atom stereocenters. The van der Waals surface area contributed by atoms with Gasteiger partial charge in [0.15, 0.2) is 0 Å². The van der Waals surface area contributed by atoms with Gasteiger partial charge in [0.05, 0.1) is 12.3 Å². The highest BCUT2D eigenvalue weighted by molar-refractivity contribution is 6.00. The monoisotopic (exact) mass is 309 g/mol. The number of carbonyl (C=O) groups is 1. The van der Waals surface area contributed by atoms with Crippen LogP contribution in [0, 0.1) is 13.8 Å². The van der Waals surface area contributed by atoms with Crippen LogP contribution in [0.4, 0.5) is 5.69 Å². The van der Waals surface area contributed by atoms with Crippen LogP contribution in [-0.2, 0) is 4.79 Å². The van der Waals surface area contributed by atoms with E-state index in [9.17, 15) is 4.79 Å². The molecule has 23 heavy (non-hydrogen) atoms. The maximum atomic E-state index is 12.0. The van der Waals surface area contributed by atoms with Gasteiger partial charge in [-0.3, -0.25) is 4.79 Å². The van der Waals surface area contributed by atoms with E-state index in [2.05, 4.69) is 21.9 Å². The van der Waals surface area contributed by atoms with E-state index in [0.717, 1.165) is 28.9 Å². The molecule has 0 aromatic heterocycles.